The molecule has 1 unspecified atom stereocenters. The second-order valence-electron chi connectivity index (χ2n) is 6.94. The van der Waals surface area contributed by atoms with Crippen molar-refractivity contribution in [2.75, 3.05) is 44.2 Å². The number of aromatic nitrogens is 3. The Morgan fingerprint density at radius 1 is 1.29 bits per heavy atom. The normalized spacial score (nSPS) is 22.9. The number of hydrogen-bond donors (Lipinski definition) is 2. The van der Waals surface area contributed by atoms with E-state index in [1.54, 1.807) is 6.26 Å². The summed E-state index contributed by atoms with van der Waals surface area (Å²) in [5, 5.41) is 15.4. The topological polar surface area (TPSA) is 73.2 Å². The van der Waals surface area contributed by atoms with Crippen LogP contribution < -0.4 is 10.2 Å². The third kappa shape index (κ3) is 3.32. The smallest absolute Gasteiger partial charge is 0.150 e. The van der Waals surface area contributed by atoms with E-state index < -0.39 is 0 Å². The van der Waals surface area contributed by atoms with Crippen molar-refractivity contribution in [1.29, 1.82) is 0 Å². The lowest BCUT2D eigenvalue weighted by molar-refractivity contribution is 0.193. The zero-order chi connectivity index (χ0) is 16.4. The first-order valence-electron chi connectivity index (χ1n) is 8.93. The first kappa shape index (κ1) is 15.7. The summed E-state index contributed by atoms with van der Waals surface area (Å²) in [5.74, 6) is 1.62. The molecule has 0 saturated carbocycles. The van der Waals surface area contributed by atoms with Crippen LogP contribution in [0.3, 0.4) is 0 Å². The molecule has 24 heavy (non-hydrogen) atoms. The largest absolute Gasteiger partial charge is 0.364 e. The molecule has 0 aliphatic carbocycles. The van der Waals surface area contributed by atoms with Crippen molar-refractivity contribution >= 4 is 5.82 Å². The lowest BCUT2D eigenvalue weighted by atomic mass is 9.94. The number of anilines is 1. The Labute approximate surface area is 142 Å². The molecular weight excluding hydrogens is 304 g/mol. The van der Waals surface area contributed by atoms with Crippen LogP contribution in [0.2, 0.25) is 0 Å². The van der Waals surface area contributed by atoms with Gasteiger partial charge in [-0.25, -0.2) is 0 Å². The van der Waals surface area contributed by atoms with Crippen LogP contribution in [0, 0.1) is 6.92 Å². The van der Waals surface area contributed by atoms with Crippen LogP contribution in [-0.4, -0.2) is 59.5 Å². The zero-order valence-corrected chi connectivity index (χ0v) is 14.3. The molecule has 0 aromatic carbocycles. The number of aryl methyl sites for hydroxylation is 1. The van der Waals surface area contributed by atoms with Gasteiger partial charge in [-0.2, -0.15) is 5.10 Å². The van der Waals surface area contributed by atoms with Crippen LogP contribution in [-0.2, 0) is 6.54 Å². The monoisotopic (exact) mass is 330 g/mol. The number of likely N-dealkylation sites (tertiary alicyclic amines) is 1. The van der Waals surface area contributed by atoms with Gasteiger partial charge in [0.2, 0.25) is 0 Å². The van der Waals surface area contributed by atoms with Crippen molar-refractivity contribution in [3.63, 3.8) is 0 Å². The standard InChI is InChI=1S/C17H26N6O/c1-13-12-24-21-16(13)11-22-6-2-3-14(10-22)15-9-17(20-19-15)23-7-4-18-5-8-23/h9,12,14,18H,2-8,10-11H2,1H3,(H,19,20). The van der Waals surface area contributed by atoms with E-state index in [1.165, 1.54) is 18.5 Å². The molecule has 2 aliphatic heterocycles. The van der Waals surface area contributed by atoms with Crippen molar-refractivity contribution < 1.29 is 4.52 Å². The van der Waals surface area contributed by atoms with Gasteiger partial charge in [-0.15, -0.1) is 0 Å². The number of nitrogens with zero attached hydrogens (tertiary/aromatic N) is 4. The number of aromatic amines is 1. The summed E-state index contributed by atoms with van der Waals surface area (Å²) in [5.41, 5.74) is 3.46. The van der Waals surface area contributed by atoms with Crippen molar-refractivity contribution in [2.24, 2.45) is 0 Å². The van der Waals surface area contributed by atoms with Gasteiger partial charge >= 0.3 is 0 Å². The molecule has 2 fully saturated rings. The highest BCUT2D eigenvalue weighted by atomic mass is 16.5. The molecule has 0 spiro atoms. The molecule has 0 bridgehead atoms. The predicted octanol–water partition coefficient (Wildman–Crippen LogP) is 1.50. The Balaban J connectivity index is 1.40. The van der Waals surface area contributed by atoms with E-state index in [9.17, 15) is 0 Å². The molecule has 1 atom stereocenters. The van der Waals surface area contributed by atoms with Gasteiger partial charge in [-0.1, -0.05) is 5.16 Å². The number of H-pyrrole nitrogens is 1. The van der Waals surface area contributed by atoms with E-state index in [2.05, 4.69) is 43.5 Å². The van der Waals surface area contributed by atoms with Crippen LogP contribution in [0.4, 0.5) is 5.82 Å². The highest BCUT2D eigenvalue weighted by Gasteiger charge is 2.25. The highest BCUT2D eigenvalue weighted by molar-refractivity contribution is 5.40. The molecule has 7 heteroatoms. The van der Waals surface area contributed by atoms with E-state index in [1.807, 2.05) is 0 Å². The third-order valence-corrected chi connectivity index (χ3v) is 5.19. The number of rotatable bonds is 4. The van der Waals surface area contributed by atoms with Crippen molar-refractivity contribution in [1.82, 2.24) is 25.6 Å². The fraction of sp³-hybridized carbons (Fsp3) is 0.647. The zero-order valence-electron chi connectivity index (χ0n) is 14.3. The van der Waals surface area contributed by atoms with Gasteiger partial charge in [0.25, 0.3) is 0 Å². The van der Waals surface area contributed by atoms with Crippen LogP contribution >= 0.6 is 0 Å². The molecule has 2 saturated heterocycles. The average molecular weight is 330 g/mol. The van der Waals surface area contributed by atoms with Gasteiger partial charge in [0.1, 0.15) is 12.0 Å². The average Bonchev–Trinajstić information content (AvgIpc) is 3.26. The minimum Gasteiger partial charge on any atom is -0.364 e. The minimum absolute atomic E-state index is 0.523. The maximum atomic E-state index is 5.07. The Morgan fingerprint density at radius 3 is 2.96 bits per heavy atom. The van der Waals surface area contributed by atoms with Gasteiger partial charge in [0.15, 0.2) is 5.82 Å². The summed E-state index contributed by atoms with van der Waals surface area (Å²) in [4.78, 5) is 4.83. The summed E-state index contributed by atoms with van der Waals surface area (Å²) in [6, 6.07) is 2.25. The predicted molar refractivity (Wildman–Crippen MR) is 92.2 cm³/mol. The van der Waals surface area contributed by atoms with Gasteiger partial charge in [-0.05, 0) is 26.3 Å². The van der Waals surface area contributed by atoms with Crippen LogP contribution in [0.25, 0.3) is 0 Å². The molecule has 2 aromatic rings. The van der Waals surface area contributed by atoms with E-state index in [4.69, 9.17) is 4.52 Å². The Morgan fingerprint density at radius 2 is 2.17 bits per heavy atom. The van der Waals surface area contributed by atoms with E-state index in [0.29, 0.717) is 5.92 Å². The molecule has 0 amide bonds. The summed E-state index contributed by atoms with van der Waals surface area (Å²) < 4.78 is 5.07. The number of nitrogens with one attached hydrogen (secondary N) is 2. The SMILES string of the molecule is Cc1conc1CN1CCCC(c2cc(N3CCNCC3)n[nH]2)C1. The van der Waals surface area contributed by atoms with E-state index in [0.717, 1.165) is 62.9 Å². The molecular formula is C17H26N6O. The lowest BCUT2D eigenvalue weighted by Gasteiger charge is -2.31. The first-order chi connectivity index (χ1) is 11.8. The highest BCUT2D eigenvalue weighted by Crippen LogP contribution is 2.28. The van der Waals surface area contributed by atoms with E-state index >= 15 is 0 Å². The van der Waals surface area contributed by atoms with Crippen molar-refractivity contribution in [3.8, 4) is 0 Å². The summed E-state index contributed by atoms with van der Waals surface area (Å²) in [6.45, 7) is 9.25. The second kappa shape index (κ2) is 6.94. The van der Waals surface area contributed by atoms with Gasteiger partial charge in [-0.3, -0.25) is 10.00 Å². The second-order valence-corrected chi connectivity index (χ2v) is 6.94. The molecule has 130 valence electrons. The van der Waals surface area contributed by atoms with E-state index in [-0.39, 0.29) is 0 Å². The molecule has 7 nitrogen and oxygen atoms in total. The Bertz CT molecular complexity index is 660. The number of piperidine rings is 1. The molecule has 4 heterocycles. The molecule has 2 N–H and O–H groups in total. The number of hydrogen-bond acceptors (Lipinski definition) is 6. The summed E-state index contributed by atoms with van der Waals surface area (Å²) >= 11 is 0. The third-order valence-electron chi connectivity index (χ3n) is 5.19. The fourth-order valence-electron chi connectivity index (χ4n) is 3.72. The minimum atomic E-state index is 0.523. The lowest BCUT2D eigenvalue weighted by Crippen LogP contribution is -2.43. The number of piperazine rings is 1. The maximum Gasteiger partial charge on any atom is 0.150 e. The molecule has 2 aliphatic rings. The van der Waals surface area contributed by atoms with Gasteiger partial charge in [0, 0.05) is 62.5 Å². The van der Waals surface area contributed by atoms with Crippen LogP contribution in [0.1, 0.15) is 35.7 Å². The summed E-state index contributed by atoms with van der Waals surface area (Å²) in [7, 11) is 0. The molecule has 0 radical (unpaired) electrons. The maximum absolute atomic E-state index is 5.07. The van der Waals surface area contributed by atoms with Gasteiger partial charge < -0.3 is 14.7 Å². The van der Waals surface area contributed by atoms with Crippen LogP contribution in [0.15, 0.2) is 16.9 Å². The quantitative estimate of drug-likeness (QED) is 0.885. The first-order valence-corrected chi connectivity index (χ1v) is 8.93. The Kier molecular flexibility index (Phi) is 4.53. The fourth-order valence-corrected chi connectivity index (χ4v) is 3.72. The van der Waals surface area contributed by atoms with Gasteiger partial charge in [0.05, 0.1) is 0 Å². The Hall–Kier alpha value is -1.86. The van der Waals surface area contributed by atoms with Crippen LogP contribution in [0.5, 0.6) is 0 Å². The molecule has 2 aromatic heterocycles. The van der Waals surface area contributed by atoms with Crippen molar-refractivity contribution in [3.05, 3.63) is 29.3 Å². The molecule has 4 rings (SSSR count). The summed E-state index contributed by atoms with van der Waals surface area (Å²) in [6.07, 6.45) is 4.16. The van der Waals surface area contributed by atoms with Crippen molar-refractivity contribution in [2.45, 2.75) is 32.2 Å².